The monoisotopic (exact) mass is 352 g/mol. The highest BCUT2D eigenvalue weighted by atomic mass is 16.5. The van der Waals surface area contributed by atoms with E-state index in [1.165, 1.54) is 0 Å². The summed E-state index contributed by atoms with van der Waals surface area (Å²) in [6, 6.07) is 7.78. The second-order valence-corrected chi connectivity index (χ2v) is 5.96. The summed E-state index contributed by atoms with van der Waals surface area (Å²) in [5, 5.41) is 12.1. The molecule has 0 bridgehead atoms. The molecule has 4 rings (SSSR count). The molecule has 0 amide bonds. The van der Waals surface area contributed by atoms with Crippen LogP contribution in [0.5, 0.6) is 17.5 Å². The quantitative estimate of drug-likeness (QED) is 0.521. The van der Waals surface area contributed by atoms with Crippen molar-refractivity contribution in [3.05, 3.63) is 29.8 Å². The standard InChI is InChI=1S/C20H20N2O4/c1-5-24-19-14-9-11(3)18-16(17(14)20(22-21-19)25-6-2)13-10-12(23-4)7-8-15(13)26-18/h7-10H,5-6H2,1-4H3. The van der Waals surface area contributed by atoms with E-state index in [4.69, 9.17) is 18.6 Å². The molecule has 0 saturated heterocycles. The summed E-state index contributed by atoms with van der Waals surface area (Å²) < 4.78 is 23.0. The highest BCUT2D eigenvalue weighted by Crippen LogP contribution is 2.42. The number of furan rings is 1. The summed E-state index contributed by atoms with van der Waals surface area (Å²) in [5.41, 5.74) is 2.59. The van der Waals surface area contributed by atoms with Crippen LogP contribution in [0.3, 0.4) is 0 Å². The van der Waals surface area contributed by atoms with Gasteiger partial charge in [-0.1, -0.05) is 0 Å². The third-order valence-corrected chi connectivity index (χ3v) is 4.37. The Kier molecular flexibility index (Phi) is 4.03. The highest BCUT2D eigenvalue weighted by Gasteiger charge is 2.21. The van der Waals surface area contributed by atoms with Gasteiger partial charge in [0.2, 0.25) is 11.8 Å². The van der Waals surface area contributed by atoms with E-state index in [1.54, 1.807) is 7.11 Å². The molecule has 0 atom stereocenters. The third kappa shape index (κ3) is 2.41. The van der Waals surface area contributed by atoms with Crippen LogP contribution in [0.25, 0.3) is 32.7 Å². The Labute approximate surface area is 150 Å². The van der Waals surface area contributed by atoms with Crippen molar-refractivity contribution in [2.24, 2.45) is 0 Å². The second-order valence-electron chi connectivity index (χ2n) is 5.96. The molecule has 4 aromatic rings. The Morgan fingerprint density at radius 2 is 1.65 bits per heavy atom. The lowest BCUT2D eigenvalue weighted by Gasteiger charge is -2.11. The van der Waals surface area contributed by atoms with Crippen LogP contribution >= 0.6 is 0 Å². The number of hydrogen-bond acceptors (Lipinski definition) is 6. The number of ether oxygens (including phenoxy) is 3. The molecule has 0 spiro atoms. The van der Waals surface area contributed by atoms with Gasteiger partial charge in [0.25, 0.3) is 0 Å². The summed E-state index contributed by atoms with van der Waals surface area (Å²) in [4.78, 5) is 0. The summed E-state index contributed by atoms with van der Waals surface area (Å²) in [7, 11) is 1.65. The Morgan fingerprint density at radius 1 is 0.923 bits per heavy atom. The first-order chi connectivity index (χ1) is 12.7. The molecule has 0 aliphatic rings. The van der Waals surface area contributed by atoms with Crippen molar-refractivity contribution < 1.29 is 18.6 Å². The lowest BCUT2D eigenvalue weighted by molar-refractivity contribution is 0.310. The van der Waals surface area contributed by atoms with Crippen molar-refractivity contribution in [3.63, 3.8) is 0 Å². The predicted molar refractivity (Wildman–Crippen MR) is 100 cm³/mol. The molecular weight excluding hydrogens is 332 g/mol. The van der Waals surface area contributed by atoms with Crippen molar-refractivity contribution in [1.82, 2.24) is 10.2 Å². The minimum absolute atomic E-state index is 0.474. The van der Waals surface area contributed by atoms with Crippen LogP contribution in [-0.4, -0.2) is 30.5 Å². The van der Waals surface area contributed by atoms with Crippen LogP contribution in [-0.2, 0) is 0 Å². The van der Waals surface area contributed by atoms with E-state index in [9.17, 15) is 0 Å². The van der Waals surface area contributed by atoms with E-state index in [2.05, 4.69) is 10.2 Å². The van der Waals surface area contributed by atoms with Crippen LogP contribution in [0.4, 0.5) is 0 Å². The molecule has 6 heteroatoms. The summed E-state index contributed by atoms with van der Waals surface area (Å²) in [6.45, 7) is 6.86. The molecule has 134 valence electrons. The predicted octanol–water partition coefficient (Wildman–Crippen LogP) is 4.64. The lowest BCUT2D eigenvalue weighted by Crippen LogP contribution is -2.02. The summed E-state index contributed by atoms with van der Waals surface area (Å²) in [5.74, 6) is 1.73. The van der Waals surface area contributed by atoms with Crippen molar-refractivity contribution in [2.75, 3.05) is 20.3 Å². The first-order valence-corrected chi connectivity index (χ1v) is 8.63. The summed E-state index contributed by atoms with van der Waals surface area (Å²) >= 11 is 0. The van der Waals surface area contributed by atoms with Crippen molar-refractivity contribution >= 4 is 32.7 Å². The average Bonchev–Trinajstić information content (AvgIpc) is 3.03. The SMILES string of the molecule is CCOc1nnc(OCC)c2c1cc(C)c1oc3ccc(OC)cc3c12. The molecule has 2 aromatic carbocycles. The largest absolute Gasteiger partial charge is 0.497 e. The molecule has 2 aromatic heterocycles. The van der Waals surface area contributed by atoms with Gasteiger partial charge in [0.1, 0.15) is 16.9 Å². The molecule has 0 unspecified atom stereocenters. The maximum absolute atomic E-state index is 6.12. The zero-order chi connectivity index (χ0) is 18.3. The van der Waals surface area contributed by atoms with E-state index in [0.717, 1.165) is 44.0 Å². The number of aromatic nitrogens is 2. The lowest BCUT2D eigenvalue weighted by atomic mass is 10.0. The fourth-order valence-corrected chi connectivity index (χ4v) is 3.29. The fraction of sp³-hybridized carbons (Fsp3) is 0.300. The van der Waals surface area contributed by atoms with Crippen LogP contribution < -0.4 is 14.2 Å². The number of hydrogen-bond donors (Lipinski definition) is 0. The first-order valence-electron chi connectivity index (χ1n) is 8.63. The molecule has 0 aliphatic carbocycles. The number of benzene rings is 2. The van der Waals surface area contributed by atoms with E-state index in [0.29, 0.717) is 25.0 Å². The van der Waals surface area contributed by atoms with Gasteiger partial charge in [0, 0.05) is 10.8 Å². The normalized spacial score (nSPS) is 11.4. The third-order valence-electron chi connectivity index (χ3n) is 4.37. The molecular formula is C20H20N2O4. The maximum atomic E-state index is 6.12. The minimum Gasteiger partial charge on any atom is -0.497 e. The Balaban J connectivity index is 2.22. The van der Waals surface area contributed by atoms with E-state index >= 15 is 0 Å². The van der Waals surface area contributed by atoms with Crippen LogP contribution in [0.1, 0.15) is 19.4 Å². The molecule has 2 heterocycles. The first kappa shape index (κ1) is 16.4. The molecule has 0 aliphatic heterocycles. The molecule has 26 heavy (non-hydrogen) atoms. The average molecular weight is 352 g/mol. The van der Waals surface area contributed by atoms with Gasteiger partial charge in [0.15, 0.2) is 0 Å². The molecule has 0 N–H and O–H groups in total. The number of fused-ring (bicyclic) bond motifs is 5. The number of methoxy groups -OCH3 is 1. The van der Waals surface area contributed by atoms with Crippen molar-refractivity contribution in [2.45, 2.75) is 20.8 Å². The number of nitrogens with zero attached hydrogens (tertiary/aromatic N) is 2. The van der Waals surface area contributed by atoms with E-state index in [1.807, 2.05) is 45.0 Å². The van der Waals surface area contributed by atoms with Crippen LogP contribution in [0.2, 0.25) is 0 Å². The van der Waals surface area contributed by atoms with Gasteiger partial charge >= 0.3 is 0 Å². The fourth-order valence-electron chi connectivity index (χ4n) is 3.29. The zero-order valence-electron chi connectivity index (χ0n) is 15.3. The van der Waals surface area contributed by atoms with E-state index < -0.39 is 0 Å². The minimum atomic E-state index is 0.474. The number of rotatable bonds is 5. The van der Waals surface area contributed by atoms with Gasteiger partial charge in [-0.05, 0) is 50.6 Å². The zero-order valence-corrected chi connectivity index (χ0v) is 15.3. The van der Waals surface area contributed by atoms with Gasteiger partial charge in [-0.3, -0.25) is 0 Å². The van der Waals surface area contributed by atoms with Crippen LogP contribution in [0, 0.1) is 6.92 Å². The summed E-state index contributed by atoms with van der Waals surface area (Å²) in [6.07, 6.45) is 0. The van der Waals surface area contributed by atoms with Crippen molar-refractivity contribution in [3.8, 4) is 17.5 Å². The van der Waals surface area contributed by atoms with Crippen LogP contribution in [0.15, 0.2) is 28.7 Å². The Bertz CT molecular complexity index is 1120. The Hall–Kier alpha value is -3.02. The molecule has 0 fully saturated rings. The highest BCUT2D eigenvalue weighted by molar-refractivity contribution is 6.22. The molecule has 0 radical (unpaired) electrons. The van der Waals surface area contributed by atoms with Gasteiger partial charge < -0.3 is 18.6 Å². The molecule has 6 nitrogen and oxygen atoms in total. The van der Waals surface area contributed by atoms with Gasteiger partial charge in [-0.25, -0.2) is 0 Å². The maximum Gasteiger partial charge on any atom is 0.242 e. The van der Waals surface area contributed by atoms with Gasteiger partial charge in [-0.2, -0.15) is 0 Å². The second kappa shape index (κ2) is 6.37. The smallest absolute Gasteiger partial charge is 0.242 e. The topological polar surface area (TPSA) is 66.6 Å². The van der Waals surface area contributed by atoms with E-state index in [-0.39, 0.29) is 0 Å². The van der Waals surface area contributed by atoms with Gasteiger partial charge in [0.05, 0.1) is 31.1 Å². The van der Waals surface area contributed by atoms with Crippen molar-refractivity contribution in [1.29, 1.82) is 0 Å². The molecule has 0 saturated carbocycles. The number of aryl methyl sites for hydroxylation is 1. The Morgan fingerprint density at radius 3 is 2.38 bits per heavy atom. The van der Waals surface area contributed by atoms with Gasteiger partial charge in [-0.15, -0.1) is 10.2 Å².